The Hall–Kier alpha value is -4.31. The standard InChI is InChI=1S/C26H30N4O6/c1-4-30(5-2)16-22-13-14-23(36-22)26(33)29-28-25(32)18-9-11-20(12-10-18)35-17-24(31)27-19-7-6-8-21(15-19)34-3/h6-15H,4-5,16-17H2,1-3H3,(H,27,31)(H,28,32)(H,29,33). The van der Waals surface area contributed by atoms with E-state index in [0.717, 1.165) is 13.1 Å². The zero-order valence-electron chi connectivity index (χ0n) is 20.5. The van der Waals surface area contributed by atoms with Crippen molar-refractivity contribution in [3.05, 3.63) is 77.7 Å². The van der Waals surface area contributed by atoms with Crippen LogP contribution in [-0.2, 0) is 11.3 Å². The van der Waals surface area contributed by atoms with Crippen molar-refractivity contribution in [2.75, 3.05) is 32.1 Å². The summed E-state index contributed by atoms with van der Waals surface area (Å²) in [6, 6.07) is 16.4. The van der Waals surface area contributed by atoms with E-state index in [-0.39, 0.29) is 18.3 Å². The van der Waals surface area contributed by atoms with E-state index in [1.807, 2.05) is 0 Å². The third-order valence-corrected chi connectivity index (χ3v) is 5.29. The average molecular weight is 495 g/mol. The Bertz CT molecular complexity index is 1170. The van der Waals surface area contributed by atoms with Crippen molar-refractivity contribution in [3.63, 3.8) is 0 Å². The van der Waals surface area contributed by atoms with Crippen LogP contribution >= 0.6 is 0 Å². The summed E-state index contributed by atoms with van der Waals surface area (Å²) in [5.74, 6) is 0.398. The highest BCUT2D eigenvalue weighted by molar-refractivity contribution is 5.98. The highest BCUT2D eigenvalue weighted by Crippen LogP contribution is 2.17. The molecule has 0 aliphatic heterocycles. The number of benzene rings is 2. The molecule has 0 aliphatic carbocycles. The molecule has 36 heavy (non-hydrogen) atoms. The summed E-state index contributed by atoms with van der Waals surface area (Å²) < 4.78 is 16.2. The van der Waals surface area contributed by atoms with Crippen LogP contribution in [0.15, 0.2) is 65.1 Å². The number of anilines is 1. The third kappa shape index (κ3) is 7.60. The van der Waals surface area contributed by atoms with Crippen LogP contribution in [0.2, 0.25) is 0 Å². The lowest BCUT2D eigenvalue weighted by Crippen LogP contribution is -2.41. The summed E-state index contributed by atoms with van der Waals surface area (Å²) >= 11 is 0. The summed E-state index contributed by atoms with van der Waals surface area (Å²) in [7, 11) is 1.55. The van der Waals surface area contributed by atoms with E-state index in [1.54, 1.807) is 55.6 Å². The molecule has 10 nitrogen and oxygen atoms in total. The number of amides is 3. The molecule has 0 spiro atoms. The molecule has 0 aliphatic rings. The van der Waals surface area contributed by atoms with Gasteiger partial charge in [-0.1, -0.05) is 19.9 Å². The number of carbonyl (C=O) groups excluding carboxylic acids is 3. The average Bonchev–Trinajstić information content (AvgIpc) is 3.38. The van der Waals surface area contributed by atoms with Crippen molar-refractivity contribution in [2.24, 2.45) is 0 Å². The summed E-state index contributed by atoms with van der Waals surface area (Å²) in [6.07, 6.45) is 0. The SMILES string of the molecule is CCN(CC)Cc1ccc(C(=O)NNC(=O)c2ccc(OCC(=O)Nc3cccc(OC)c3)cc2)o1. The van der Waals surface area contributed by atoms with Crippen molar-refractivity contribution >= 4 is 23.4 Å². The van der Waals surface area contributed by atoms with Crippen LogP contribution in [0.4, 0.5) is 5.69 Å². The van der Waals surface area contributed by atoms with Crippen molar-refractivity contribution in [3.8, 4) is 11.5 Å². The van der Waals surface area contributed by atoms with Crippen LogP contribution in [0, 0.1) is 0 Å². The first-order valence-corrected chi connectivity index (χ1v) is 11.5. The summed E-state index contributed by atoms with van der Waals surface area (Å²) in [5.41, 5.74) is 5.58. The van der Waals surface area contributed by atoms with E-state index in [4.69, 9.17) is 13.9 Å². The molecule has 0 radical (unpaired) electrons. The molecule has 3 rings (SSSR count). The van der Waals surface area contributed by atoms with Gasteiger partial charge in [0.15, 0.2) is 12.4 Å². The molecule has 1 heterocycles. The normalized spacial score (nSPS) is 10.6. The molecule has 3 amide bonds. The summed E-state index contributed by atoms with van der Waals surface area (Å²) in [4.78, 5) is 38.9. The molecule has 2 aromatic carbocycles. The van der Waals surface area contributed by atoms with Gasteiger partial charge < -0.3 is 19.2 Å². The predicted octanol–water partition coefficient (Wildman–Crippen LogP) is 3.22. The maximum Gasteiger partial charge on any atom is 0.305 e. The van der Waals surface area contributed by atoms with E-state index in [0.29, 0.717) is 35.1 Å². The molecule has 0 atom stereocenters. The van der Waals surface area contributed by atoms with Crippen molar-refractivity contribution in [1.82, 2.24) is 15.8 Å². The van der Waals surface area contributed by atoms with Crippen LogP contribution in [0.1, 0.15) is 40.5 Å². The predicted molar refractivity (Wildman–Crippen MR) is 134 cm³/mol. The third-order valence-electron chi connectivity index (χ3n) is 5.29. The van der Waals surface area contributed by atoms with Gasteiger partial charge >= 0.3 is 5.91 Å². The fourth-order valence-electron chi connectivity index (χ4n) is 3.25. The monoisotopic (exact) mass is 494 g/mol. The Morgan fingerprint density at radius 1 is 0.889 bits per heavy atom. The molecular formula is C26H30N4O6. The first-order valence-electron chi connectivity index (χ1n) is 11.5. The first-order chi connectivity index (χ1) is 17.4. The van der Waals surface area contributed by atoms with Gasteiger partial charge in [0.05, 0.1) is 13.7 Å². The van der Waals surface area contributed by atoms with E-state index in [1.165, 1.54) is 12.1 Å². The van der Waals surface area contributed by atoms with Gasteiger partial charge in [0, 0.05) is 17.3 Å². The van der Waals surface area contributed by atoms with Gasteiger partial charge in [-0.25, -0.2) is 0 Å². The molecule has 0 bridgehead atoms. The Morgan fingerprint density at radius 3 is 2.31 bits per heavy atom. The van der Waals surface area contributed by atoms with E-state index < -0.39 is 11.8 Å². The topological polar surface area (TPSA) is 122 Å². The second-order valence-electron chi connectivity index (χ2n) is 7.73. The largest absolute Gasteiger partial charge is 0.497 e. The van der Waals surface area contributed by atoms with Crippen LogP contribution in [0.3, 0.4) is 0 Å². The minimum atomic E-state index is -0.559. The molecule has 190 valence electrons. The molecule has 0 saturated heterocycles. The van der Waals surface area contributed by atoms with Gasteiger partial charge in [-0.15, -0.1) is 0 Å². The molecular weight excluding hydrogens is 464 g/mol. The first kappa shape index (κ1) is 26.3. The fourth-order valence-corrected chi connectivity index (χ4v) is 3.25. The maximum atomic E-state index is 12.4. The number of hydrazine groups is 1. The number of furan rings is 1. The van der Waals surface area contributed by atoms with E-state index >= 15 is 0 Å². The minimum absolute atomic E-state index is 0.105. The van der Waals surface area contributed by atoms with Gasteiger partial charge in [-0.3, -0.25) is 30.1 Å². The van der Waals surface area contributed by atoms with Gasteiger partial charge in [0.25, 0.3) is 11.8 Å². The number of methoxy groups -OCH3 is 1. The zero-order chi connectivity index (χ0) is 25.9. The number of ether oxygens (including phenoxy) is 2. The lowest BCUT2D eigenvalue weighted by atomic mass is 10.2. The highest BCUT2D eigenvalue weighted by atomic mass is 16.5. The highest BCUT2D eigenvalue weighted by Gasteiger charge is 2.14. The van der Waals surface area contributed by atoms with E-state index in [2.05, 4.69) is 34.9 Å². The Kier molecular flexibility index (Phi) is 9.47. The van der Waals surface area contributed by atoms with Crippen LogP contribution < -0.4 is 25.6 Å². The second kappa shape index (κ2) is 13.0. The second-order valence-corrected chi connectivity index (χ2v) is 7.73. The number of hydrogen-bond donors (Lipinski definition) is 3. The fraction of sp³-hybridized carbons (Fsp3) is 0.269. The Labute approximate surface area is 209 Å². The Morgan fingerprint density at radius 2 is 1.61 bits per heavy atom. The van der Waals surface area contributed by atoms with Crippen LogP contribution in [0.5, 0.6) is 11.5 Å². The van der Waals surface area contributed by atoms with Gasteiger partial charge in [0.1, 0.15) is 17.3 Å². The van der Waals surface area contributed by atoms with Gasteiger partial charge in [0.2, 0.25) is 0 Å². The van der Waals surface area contributed by atoms with Crippen LogP contribution in [0.25, 0.3) is 0 Å². The quantitative estimate of drug-likeness (QED) is 0.350. The lowest BCUT2D eigenvalue weighted by molar-refractivity contribution is -0.118. The number of rotatable bonds is 11. The van der Waals surface area contributed by atoms with Crippen molar-refractivity contribution < 1.29 is 28.3 Å². The van der Waals surface area contributed by atoms with Crippen LogP contribution in [-0.4, -0.2) is 49.4 Å². The zero-order valence-corrected chi connectivity index (χ0v) is 20.5. The van der Waals surface area contributed by atoms with Crippen molar-refractivity contribution in [1.29, 1.82) is 0 Å². The number of carbonyl (C=O) groups is 3. The van der Waals surface area contributed by atoms with Gasteiger partial charge in [-0.2, -0.15) is 0 Å². The number of nitrogens with one attached hydrogen (secondary N) is 3. The molecule has 3 N–H and O–H groups in total. The molecule has 0 fully saturated rings. The number of nitrogens with zero attached hydrogens (tertiary/aromatic N) is 1. The minimum Gasteiger partial charge on any atom is -0.497 e. The smallest absolute Gasteiger partial charge is 0.305 e. The van der Waals surface area contributed by atoms with Gasteiger partial charge in [-0.05, 0) is 61.6 Å². The molecule has 0 unspecified atom stereocenters. The molecule has 10 heteroatoms. The van der Waals surface area contributed by atoms with E-state index in [9.17, 15) is 14.4 Å². The molecule has 0 saturated carbocycles. The Balaban J connectivity index is 1.44. The molecule has 3 aromatic rings. The number of hydrogen-bond acceptors (Lipinski definition) is 7. The lowest BCUT2D eigenvalue weighted by Gasteiger charge is -2.15. The summed E-state index contributed by atoms with van der Waals surface area (Å²) in [5, 5.41) is 2.72. The summed E-state index contributed by atoms with van der Waals surface area (Å²) in [6.45, 7) is 6.23. The molecule has 1 aromatic heterocycles. The maximum absolute atomic E-state index is 12.4. The van der Waals surface area contributed by atoms with Crippen molar-refractivity contribution in [2.45, 2.75) is 20.4 Å².